The van der Waals surface area contributed by atoms with Crippen LogP contribution in [0.15, 0.2) is 18.2 Å². The second kappa shape index (κ2) is 7.63. The van der Waals surface area contributed by atoms with Crippen LogP contribution in [0.4, 0.5) is 18.9 Å². The number of amides is 1. The summed E-state index contributed by atoms with van der Waals surface area (Å²) >= 11 is 5.62. The largest absolute Gasteiger partial charge is 0.416 e. The van der Waals surface area contributed by atoms with Gasteiger partial charge in [0.15, 0.2) is 0 Å². The summed E-state index contributed by atoms with van der Waals surface area (Å²) in [6.45, 7) is 0.455. The minimum absolute atomic E-state index is 0.0398. The number of methoxy groups -OCH3 is 1. The fraction of sp³-hybridized carbons (Fsp3) is 0.462. The van der Waals surface area contributed by atoms with Gasteiger partial charge in [-0.05, 0) is 31.0 Å². The van der Waals surface area contributed by atoms with E-state index in [2.05, 4.69) is 5.32 Å². The summed E-state index contributed by atoms with van der Waals surface area (Å²) in [5.74, 6) is -0.568. The number of carbonyl (C=O) groups excluding carboxylic acids is 1. The summed E-state index contributed by atoms with van der Waals surface area (Å²) in [4.78, 5) is 11.8. The quantitative estimate of drug-likeness (QED) is 0.790. The summed E-state index contributed by atoms with van der Waals surface area (Å²) in [7, 11) is 1.52. The van der Waals surface area contributed by atoms with Crippen LogP contribution in [0.2, 0.25) is 5.02 Å². The number of hydrogen-bond acceptors (Lipinski definition) is 3. The first-order valence-electron chi connectivity index (χ1n) is 6.17. The second-order valence-electron chi connectivity index (χ2n) is 4.46. The van der Waals surface area contributed by atoms with Crippen molar-refractivity contribution in [3.8, 4) is 0 Å². The van der Waals surface area contributed by atoms with Gasteiger partial charge in [0.05, 0.1) is 11.6 Å². The lowest BCUT2D eigenvalue weighted by molar-refractivity contribution is -0.137. The molecule has 0 radical (unpaired) electrons. The van der Waals surface area contributed by atoms with Crippen molar-refractivity contribution in [1.29, 1.82) is 0 Å². The number of benzene rings is 1. The fourth-order valence-electron chi connectivity index (χ4n) is 1.64. The lowest BCUT2D eigenvalue weighted by Gasteiger charge is -2.14. The van der Waals surface area contributed by atoms with Crippen molar-refractivity contribution in [3.63, 3.8) is 0 Å². The molecule has 1 aromatic carbocycles. The fourth-order valence-corrected chi connectivity index (χ4v) is 1.87. The van der Waals surface area contributed by atoms with E-state index in [0.29, 0.717) is 19.4 Å². The molecule has 1 unspecified atom stereocenters. The maximum Gasteiger partial charge on any atom is 0.416 e. The first-order chi connectivity index (χ1) is 9.74. The monoisotopic (exact) mass is 324 g/mol. The Kier molecular flexibility index (Phi) is 6.44. The summed E-state index contributed by atoms with van der Waals surface area (Å²) in [6, 6.07) is 2.01. The van der Waals surface area contributed by atoms with Gasteiger partial charge in [0.1, 0.15) is 0 Å². The van der Waals surface area contributed by atoms with Crippen LogP contribution in [0.5, 0.6) is 0 Å². The molecule has 1 aromatic rings. The number of nitrogens with one attached hydrogen (secondary N) is 1. The van der Waals surface area contributed by atoms with Gasteiger partial charge in [-0.1, -0.05) is 11.6 Å². The zero-order valence-corrected chi connectivity index (χ0v) is 12.1. The van der Waals surface area contributed by atoms with Crippen LogP contribution in [-0.4, -0.2) is 25.7 Å². The van der Waals surface area contributed by atoms with Gasteiger partial charge in [-0.2, -0.15) is 13.2 Å². The highest BCUT2D eigenvalue weighted by atomic mass is 35.5. The number of hydrogen-bond donors (Lipinski definition) is 2. The number of rotatable bonds is 6. The molecule has 1 atom stereocenters. The average Bonchev–Trinajstić information content (AvgIpc) is 2.37. The third kappa shape index (κ3) is 5.91. The van der Waals surface area contributed by atoms with E-state index < -0.39 is 23.7 Å². The molecule has 0 aliphatic carbocycles. The Hall–Kier alpha value is -1.31. The number of nitrogens with two attached hydrogens (primary N) is 1. The van der Waals surface area contributed by atoms with Gasteiger partial charge in [-0.25, -0.2) is 0 Å². The molecule has 0 saturated heterocycles. The molecular formula is C13H16ClF3N2O2. The smallest absolute Gasteiger partial charge is 0.385 e. The third-order valence-electron chi connectivity index (χ3n) is 2.69. The number of halogens is 4. The highest BCUT2D eigenvalue weighted by Crippen LogP contribution is 2.33. The Labute approximate surface area is 125 Å². The minimum atomic E-state index is -4.54. The van der Waals surface area contributed by atoms with E-state index in [-0.39, 0.29) is 10.7 Å². The summed E-state index contributed by atoms with van der Waals surface area (Å²) in [5.41, 5.74) is 4.67. The Morgan fingerprint density at radius 3 is 2.67 bits per heavy atom. The second-order valence-corrected chi connectivity index (χ2v) is 4.89. The van der Waals surface area contributed by atoms with Crippen molar-refractivity contribution in [1.82, 2.24) is 0 Å². The lowest BCUT2D eigenvalue weighted by atomic mass is 10.1. The van der Waals surface area contributed by atoms with E-state index in [4.69, 9.17) is 22.1 Å². The number of alkyl halides is 3. The lowest BCUT2D eigenvalue weighted by Crippen LogP contribution is -2.35. The maximum absolute atomic E-state index is 12.6. The molecule has 0 aromatic heterocycles. The van der Waals surface area contributed by atoms with Crippen molar-refractivity contribution in [3.05, 3.63) is 28.8 Å². The molecule has 4 nitrogen and oxygen atoms in total. The molecule has 0 aliphatic heterocycles. The van der Waals surface area contributed by atoms with E-state index >= 15 is 0 Å². The van der Waals surface area contributed by atoms with E-state index in [1.165, 1.54) is 13.2 Å². The molecule has 0 aliphatic rings. The predicted octanol–water partition coefficient (Wildman–Crippen LogP) is 3.05. The van der Waals surface area contributed by atoms with Gasteiger partial charge in [-0.3, -0.25) is 4.79 Å². The van der Waals surface area contributed by atoms with Gasteiger partial charge in [0.2, 0.25) is 5.91 Å². The topological polar surface area (TPSA) is 64.3 Å². The van der Waals surface area contributed by atoms with Crippen molar-refractivity contribution in [2.24, 2.45) is 5.73 Å². The van der Waals surface area contributed by atoms with Crippen LogP contribution in [0.3, 0.4) is 0 Å². The molecule has 1 rings (SSSR count). The zero-order valence-electron chi connectivity index (χ0n) is 11.3. The molecule has 21 heavy (non-hydrogen) atoms. The Morgan fingerprint density at radius 1 is 1.43 bits per heavy atom. The van der Waals surface area contributed by atoms with Crippen molar-refractivity contribution in [2.75, 3.05) is 19.0 Å². The predicted molar refractivity (Wildman–Crippen MR) is 74.2 cm³/mol. The minimum Gasteiger partial charge on any atom is -0.385 e. The van der Waals surface area contributed by atoms with E-state index in [9.17, 15) is 18.0 Å². The zero-order chi connectivity index (χ0) is 16.0. The van der Waals surface area contributed by atoms with Gasteiger partial charge in [0.25, 0.3) is 0 Å². The molecule has 118 valence electrons. The third-order valence-corrected chi connectivity index (χ3v) is 2.91. The molecule has 0 heterocycles. The van der Waals surface area contributed by atoms with Gasteiger partial charge < -0.3 is 15.8 Å². The van der Waals surface area contributed by atoms with Gasteiger partial charge >= 0.3 is 6.18 Å². The molecule has 0 spiro atoms. The molecule has 0 bridgehead atoms. The standard InChI is InChI=1S/C13H16ClF3N2O2/c1-21-4-2-3-11(18)12(20)19-10-6-8(13(15,16)17)5-9(14)7-10/h5-7,11H,2-4,18H2,1H3,(H,19,20). The van der Waals surface area contributed by atoms with Crippen LogP contribution in [-0.2, 0) is 15.7 Å². The van der Waals surface area contributed by atoms with Crippen molar-refractivity contribution >= 4 is 23.2 Å². The SMILES string of the molecule is COCCCC(N)C(=O)Nc1cc(Cl)cc(C(F)(F)F)c1. The summed E-state index contributed by atoms with van der Waals surface area (Å²) in [6.07, 6.45) is -3.59. The first-order valence-corrected chi connectivity index (χ1v) is 6.55. The van der Waals surface area contributed by atoms with Gasteiger partial charge in [-0.15, -0.1) is 0 Å². The Bertz CT molecular complexity index is 495. The highest BCUT2D eigenvalue weighted by molar-refractivity contribution is 6.31. The van der Waals surface area contributed by atoms with Crippen molar-refractivity contribution < 1.29 is 22.7 Å². The van der Waals surface area contributed by atoms with Gasteiger partial charge in [0, 0.05) is 24.4 Å². The van der Waals surface area contributed by atoms with Crippen LogP contribution in [0.1, 0.15) is 18.4 Å². The normalized spacial score (nSPS) is 13.0. The van der Waals surface area contributed by atoms with E-state index in [1.807, 2.05) is 0 Å². The molecule has 1 amide bonds. The summed E-state index contributed by atoms with van der Waals surface area (Å²) < 4.78 is 42.7. The first kappa shape index (κ1) is 17.7. The maximum atomic E-state index is 12.6. The molecule has 3 N–H and O–H groups in total. The van der Waals surface area contributed by atoms with Crippen LogP contribution in [0, 0.1) is 0 Å². The molecule has 8 heteroatoms. The van der Waals surface area contributed by atoms with E-state index in [0.717, 1.165) is 12.1 Å². The number of carbonyl (C=O) groups is 1. The van der Waals surface area contributed by atoms with Crippen LogP contribution in [0.25, 0.3) is 0 Å². The Balaban J connectivity index is 2.74. The summed E-state index contributed by atoms with van der Waals surface area (Å²) in [5, 5.41) is 2.22. The molecule has 0 saturated carbocycles. The number of ether oxygens (including phenoxy) is 1. The average molecular weight is 325 g/mol. The molecular weight excluding hydrogens is 309 g/mol. The highest BCUT2D eigenvalue weighted by Gasteiger charge is 2.31. The number of anilines is 1. The van der Waals surface area contributed by atoms with E-state index in [1.54, 1.807) is 0 Å². The Morgan fingerprint density at radius 2 is 2.10 bits per heavy atom. The van der Waals surface area contributed by atoms with Crippen molar-refractivity contribution in [2.45, 2.75) is 25.1 Å². The van der Waals surface area contributed by atoms with Crippen LogP contribution < -0.4 is 11.1 Å². The van der Waals surface area contributed by atoms with Crippen LogP contribution >= 0.6 is 11.6 Å². The molecule has 0 fully saturated rings.